The van der Waals surface area contributed by atoms with Gasteiger partial charge in [0.2, 0.25) is 0 Å². The summed E-state index contributed by atoms with van der Waals surface area (Å²) in [4.78, 5) is 22.4. The van der Waals surface area contributed by atoms with Crippen molar-refractivity contribution in [1.29, 1.82) is 0 Å². The Morgan fingerprint density at radius 1 is 1.30 bits per heavy atom. The van der Waals surface area contributed by atoms with E-state index in [0.29, 0.717) is 22.9 Å². The quantitative estimate of drug-likeness (QED) is 0.247. The van der Waals surface area contributed by atoms with Crippen LogP contribution in [0.3, 0.4) is 0 Å². The molecule has 14 heteroatoms. The predicted octanol–water partition coefficient (Wildman–Crippen LogP) is 0.794. The SMILES string of the molecule is NCCCCCCSc1nc2c(N)ncnc2n1[C@@H]1O[C@@H]2COP(=O)(O)O[C@H]2[C@H]1O. The molecule has 1 unspecified atom stereocenters. The molecule has 0 bridgehead atoms. The maximum atomic E-state index is 11.8. The Morgan fingerprint density at radius 3 is 2.90 bits per heavy atom. The molecule has 2 aromatic heterocycles. The lowest BCUT2D eigenvalue weighted by molar-refractivity contribution is -0.0684. The fraction of sp³-hybridized carbons (Fsp3) is 0.688. The van der Waals surface area contributed by atoms with Crippen LogP contribution < -0.4 is 11.5 Å². The molecular formula is C16H25N6O6PS. The number of hydrogen-bond acceptors (Lipinski definition) is 11. The van der Waals surface area contributed by atoms with Gasteiger partial charge in [-0.05, 0) is 19.4 Å². The number of imidazole rings is 1. The molecule has 166 valence electrons. The number of nitrogens with two attached hydrogens (primary N) is 2. The van der Waals surface area contributed by atoms with E-state index in [1.54, 1.807) is 4.57 Å². The van der Waals surface area contributed by atoms with E-state index in [9.17, 15) is 14.6 Å². The molecule has 0 aromatic carbocycles. The van der Waals surface area contributed by atoms with Crippen molar-refractivity contribution in [1.82, 2.24) is 19.5 Å². The molecule has 0 radical (unpaired) electrons. The van der Waals surface area contributed by atoms with Gasteiger partial charge in [0, 0.05) is 5.75 Å². The number of thioether (sulfide) groups is 1. The Labute approximate surface area is 176 Å². The Hall–Kier alpha value is -1.31. The summed E-state index contributed by atoms with van der Waals surface area (Å²) in [5, 5.41) is 11.4. The molecule has 12 nitrogen and oxygen atoms in total. The van der Waals surface area contributed by atoms with Crippen molar-refractivity contribution in [3.05, 3.63) is 6.33 Å². The average molecular weight is 460 g/mol. The van der Waals surface area contributed by atoms with Gasteiger partial charge in [0.15, 0.2) is 28.4 Å². The van der Waals surface area contributed by atoms with Crippen molar-refractivity contribution in [2.75, 3.05) is 24.6 Å². The van der Waals surface area contributed by atoms with E-state index in [2.05, 4.69) is 15.0 Å². The minimum atomic E-state index is -4.22. The van der Waals surface area contributed by atoms with Crippen molar-refractivity contribution in [2.24, 2.45) is 5.73 Å². The van der Waals surface area contributed by atoms with Gasteiger partial charge < -0.3 is 26.2 Å². The number of rotatable bonds is 8. The molecule has 0 amide bonds. The second kappa shape index (κ2) is 9.05. The normalized spacial score (nSPS) is 31.3. The number of hydrogen-bond donors (Lipinski definition) is 4. The second-order valence-corrected chi connectivity index (χ2v) is 9.61. The summed E-state index contributed by atoms with van der Waals surface area (Å²) in [6, 6.07) is 0. The van der Waals surface area contributed by atoms with Gasteiger partial charge in [-0.25, -0.2) is 19.5 Å². The predicted molar refractivity (Wildman–Crippen MR) is 109 cm³/mol. The molecule has 0 saturated carbocycles. The summed E-state index contributed by atoms with van der Waals surface area (Å²) >= 11 is 1.49. The lowest BCUT2D eigenvalue weighted by Gasteiger charge is -2.27. The summed E-state index contributed by atoms with van der Waals surface area (Å²) in [6.45, 7) is 0.520. The molecule has 2 aliphatic rings. The van der Waals surface area contributed by atoms with Crippen molar-refractivity contribution >= 4 is 36.6 Å². The topological polar surface area (TPSA) is 181 Å². The number of phosphoric ester groups is 1. The monoisotopic (exact) mass is 460 g/mol. The van der Waals surface area contributed by atoms with E-state index in [-0.39, 0.29) is 12.4 Å². The van der Waals surface area contributed by atoms with Crippen LogP contribution in [0, 0.1) is 0 Å². The van der Waals surface area contributed by atoms with Crippen LogP contribution in [0.4, 0.5) is 5.82 Å². The third kappa shape index (κ3) is 4.34. The third-order valence-electron chi connectivity index (χ3n) is 5.02. The molecule has 4 rings (SSSR count). The van der Waals surface area contributed by atoms with Crippen LogP contribution in [-0.2, 0) is 18.3 Å². The number of nitrogen functional groups attached to an aromatic ring is 1. The summed E-state index contributed by atoms with van der Waals surface area (Å²) in [5.74, 6) is 1.01. The summed E-state index contributed by atoms with van der Waals surface area (Å²) < 4.78 is 29.2. The Morgan fingerprint density at radius 2 is 2.10 bits per heavy atom. The first-order valence-electron chi connectivity index (χ1n) is 9.72. The van der Waals surface area contributed by atoms with E-state index < -0.39 is 32.4 Å². The highest BCUT2D eigenvalue weighted by Crippen LogP contribution is 2.53. The van der Waals surface area contributed by atoms with Crippen LogP contribution in [0.15, 0.2) is 11.5 Å². The third-order valence-corrected chi connectivity index (χ3v) is 7.05. The standard InChI is InChI=1S/C16H25N6O6PS/c17-5-3-1-2-4-6-30-16-21-10-13(18)19-8-20-14(10)22(16)15-11(23)12-9(27-15)7-26-29(24,25)28-12/h8-9,11-12,15,23H,1-7,17H2,(H,24,25)(H2,18,19,20)/t9-,11-,12-,15-/m1/s1. The summed E-state index contributed by atoms with van der Waals surface area (Å²) in [5.41, 5.74) is 12.3. The average Bonchev–Trinajstić information content (AvgIpc) is 3.22. The molecule has 0 spiro atoms. The van der Waals surface area contributed by atoms with Gasteiger partial charge in [-0.15, -0.1) is 0 Å². The van der Waals surface area contributed by atoms with Crippen LogP contribution in [-0.4, -0.2) is 66.7 Å². The molecule has 6 N–H and O–H groups in total. The molecular weight excluding hydrogens is 435 g/mol. The molecule has 30 heavy (non-hydrogen) atoms. The minimum absolute atomic E-state index is 0.167. The van der Waals surface area contributed by atoms with Crippen LogP contribution in [0.1, 0.15) is 31.9 Å². The van der Waals surface area contributed by atoms with E-state index in [1.165, 1.54) is 18.1 Å². The lowest BCUT2D eigenvalue weighted by Crippen LogP contribution is -2.39. The smallest absolute Gasteiger partial charge is 0.386 e. The zero-order valence-corrected chi connectivity index (χ0v) is 17.9. The van der Waals surface area contributed by atoms with Gasteiger partial charge in [0.1, 0.15) is 24.6 Å². The largest absolute Gasteiger partial charge is 0.472 e. The molecule has 2 saturated heterocycles. The molecule has 5 atom stereocenters. The molecule has 2 aromatic rings. The van der Waals surface area contributed by atoms with Crippen molar-refractivity contribution < 1.29 is 28.3 Å². The zero-order chi connectivity index (χ0) is 21.3. The van der Waals surface area contributed by atoms with Crippen LogP contribution >= 0.6 is 19.6 Å². The highest BCUT2D eigenvalue weighted by molar-refractivity contribution is 7.99. The van der Waals surface area contributed by atoms with Gasteiger partial charge in [0.25, 0.3) is 0 Å². The Bertz CT molecular complexity index is 946. The van der Waals surface area contributed by atoms with E-state index in [1.807, 2.05) is 0 Å². The first-order chi connectivity index (χ1) is 14.4. The van der Waals surface area contributed by atoms with E-state index >= 15 is 0 Å². The maximum absolute atomic E-state index is 11.8. The van der Waals surface area contributed by atoms with Crippen LogP contribution in [0.2, 0.25) is 0 Å². The summed E-state index contributed by atoms with van der Waals surface area (Å²) in [7, 11) is -4.22. The summed E-state index contributed by atoms with van der Waals surface area (Å²) in [6.07, 6.45) is 1.53. The first-order valence-corrected chi connectivity index (χ1v) is 12.2. The number of aliphatic hydroxyl groups is 1. The first kappa shape index (κ1) is 21.9. The van der Waals surface area contributed by atoms with E-state index in [0.717, 1.165) is 31.4 Å². The Balaban J connectivity index is 1.59. The van der Waals surface area contributed by atoms with Crippen molar-refractivity contribution in [2.45, 2.75) is 55.4 Å². The van der Waals surface area contributed by atoms with Gasteiger partial charge in [-0.1, -0.05) is 24.6 Å². The maximum Gasteiger partial charge on any atom is 0.472 e. The fourth-order valence-corrected chi connectivity index (χ4v) is 5.53. The highest BCUT2D eigenvalue weighted by Gasteiger charge is 2.53. The number of ether oxygens (including phenoxy) is 1. The highest BCUT2D eigenvalue weighted by atomic mass is 32.2. The number of nitrogens with zero attached hydrogens (tertiary/aromatic N) is 4. The molecule has 2 fully saturated rings. The second-order valence-electron chi connectivity index (χ2n) is 7.14. The van der Waals surface area contributed by atoms with Crippen LogP contribution in [0.5, 0.6) is 0 Å². The number of aliphatic hydroxyl groups excluding tert-OH is 1. The number of phosphoric acid groups is 1. The lowest BCUT2D eigenvalue weighted by atomic mass is 10.1. The van der Waals surface area contributed by atoms with Crippen LogP contribution in [0.25, 0.3) is 11.2 Å². The fourth-order valence-electron chi connectivity index (χ4n) is 3.55. The number of aromatic nitrogens is 4. The van der Waals surface area contributed by atoms with Gasteiger partial charge in [-0.2, -0.15) is 0 Å². The van der Waals surface area contributed by atoms with Gasteiger partial charge in [0.05, 0.1) is 6.61 Å². The molecule has 2 aliphatic heterocycles. The van der Waals surface area contributed by atoms with Gasteiger partial charge in [-0.3, -0.25) is 13.6 Å². The van der Waals surface area contributed by atoms with E-state index in [4.69, 9.17) is 25.3 Å². The number of anilines is 1. The minimum Gasteiger partial charge on any atom is -0.386 e. The number of fused-ring (bicyclic) bond motifs is 2. The zero-order valence-electron chi connectivity index (χ0n) is 16.2. The Kier molecular flexibility index (Phi) is 6.61. The number of unbranched alkanes of at least 4 members (excludes halogenated alkanes) is 3. The van der Waals surface area contributed by atoms with Gasteiger partial charge >= 0.3 is 7.82 Å². The van der Waals surface area contributed by atoms with Crippen molar-refractivity contribution in [3.8, 4) is 0 Å². The van der Waals surface area contributed by atoms with Crippen molar-refractivity contribution in [3.63, 3.8) is 0 Å². The molecule has 0 aliphatic carbocycles. The molecule has 4 heterocycles.